The second-order valence-corrected chi connectivity index (χ2v) is 7.67. The molecule has 0 heterocycles. The van der Waals surface area contributed by atoms with Gasteiger partial charge in [0.1, 0.15) is 11.4 Å². The zero-order valence-corrected chi connectivity index (χ0v) is 16.6. The number of benzene rings is 1. The molecule has 6 nitrogen and oxygen atoms in total. The summed E-state index contributed by atoms with van der Waals surface area (Å²) in [5, 5.41) is 5.44. The summed E-state index contributed by atoms with van der Waals surface area (Å²) in [6.45, 7) is 9.25. The maximum atomic E-state index is 12.1. The molecule has 0 aliphatic carbocycles. The summed E-state index contributed by atoms with van der Waals surface area (Å²) in [6.07, 6.45) is -5.34. The molecule has 1 aromatic rings. The van der Waals surface area contributed by atoms with Gasteiger partial charge in [-0.05, 0) is 44.4 Å². The van der Waals surface area contributed by atoms with E-state index in [0.717, 1.165) is 12.1 Å². The van der Waals surface area contributed by atoms with Gasteiger partial charge in [-0.2, -0.15) is 0 Å². The first-order valence-electron chi connectivity index (χ1n) is 8.86. The number of hydrogen-bond donors (Lipinski definition) is 2. The zero-order valence-electron chi connectivity index (χ0n) is 16.6. The third-order valence-electron chi connectivity index (χ3n) is 3.55. The zero-order chi connectivity index (χ0) is 21.5. The first kappa shape index (κ1) is 23.6. The fourth-order valence-electron chi connectivity index (χ4n) is 2.19. The predicted molar refractivity (Wildman–Crippen MR) is 97.8 cm³/mol. The largest absolute Gasteiger partial charge is 0.573 e. The lowest BCUT2D eigenvalue weighted by molar-refractivity contribution is -0.274. The number of hydrogen-bond acceptors (Lipinski definition) is 4. The van der Waals surface area contributed by atoms with Crippen molar-refractivity contribution in [3.63, 3.8) is 0 Å². The average Bonchev–Trinajstić information content (AvgIpc) is 2.50. The smallest absolute Gasteiger partial charge is 0.444 e. The van der Waals surface area contributed by atoms with E-state index in [2.05, 4.69) is 15.4 Å². The second kappa shape index (κ2) is 9.66. The fourth-order valence-corrected chi connectivity index (χ4v) is 2.19. The van der Waals surface area contributed by atoms with Crippen LogP contribution in [0.5, 0.6) is 5.75 Å². The molecule has 2 amide bonds. The number of ether oxygens (including phenoxy) is 2. The Kier molecular flexibility index (Phi) is 8.14. The van der Waals surface area contributed by atoms with Crippen molar-refractivity contribution in [3.8, 4) is 5.75 Å². The Bertz CT molecular complexity index is 653. The van der Waals surface area contributed by atoms with Crippen molar-refractivity contribution in [2.45, 2.75) is 59.0 Å². The molecule has 28 heavy (non-hydrogen) atoms. The van der Waals surface area contributed by atoms with E-state index >= 15 is 0 Å². The lowest BCUT2D eigenvalue weighted by Crippen LogP contribution is -2.48. The standard InChI is InChI=1S/C19H27F3N2O4/c1-12(2)15(24-17(26)28-18(3,4)5)11-23-16(25)10-13-6-8-14(9-7-13)27-19(20,21)22/h6-9,12,15H,10-11H2,1-5H3,(H,23,25)(H,24,26). The molecule has 9 heteroatoms. The van der Waals surface area contributed by atoms with Crippen molar-refractivity contribution in [1.29, 1.82) is 0 Å². The van der Waals surface area contributed by atoms with Crippen LogP contribution < -0.4 is 15.4 Å². The van der Waals surface area contributed by atoms with Gasteiger partial charge >= 0.3 is 12.5 Å². The Morgan fingerprint density at radius 2 is 1.64 bits per heavy atom. The number of rotatable bonds is 7. The summed E-state index contributed by atoms with van der Waals surface area (Å²) in [6, 6.07) is 4.74. The summed E-state index contributed by atoms with van der Waals surface area (Å²) >= 11 is 0. The van der Waals surface area contributed by atoms with Crippen LogP contribution in [0.4, 0.5) is 18.0 Å². The normalized spacial score (nSPS) is 13.0. The van der Waals surface area contributed by atoms with E-state index in [0.29, 0.717) is 5.56 Å². The number of nitrogens with one attached hydrogen (secondary N) is 2. The van der Waals surface area contributed by atoms with E-state index < -0.39 is 18.1 Å². The van der Waals surface area contributed by atoms with Crippen molar-refractivity contribution in [2.24, 2.45) is 5.92 Å². The van der Waals surface area contributed by atoms with E-state index in [4.69, 9.17) is 4.74 Å². The summed E-state index contributed by atoms with van der Waals surface area (Å²) in [4.78, 5) is 24.0. The molecule has 0 radical (unpaired) electrons. The quantitative estimate of drug-likeness (QED) is 0.725. The van der Waals surface area contributed by atoms with Gasteiger partial charge in [-0.1, -0.05) is 26.0 Å². The monoisotopic (exact) mass is 404 g/mol. The minimum Gasteiger partial charge on any atom is -0.444 e. The van der Waals surface area contributed by atoms with Crippen LogP contribution in [0, 0.1) is 5.92 Å². The summed E-state index contributed by atoms with van der Waals surface area (Å²) in [5.41, 5.74) is -0.0927. The lowest BCUT2D eigenvalue weighted by atomic mass is 10.0. The van der Waals surface area contributed by atoms with Gasteiger partial charge in [0.2, 0.25) is 5.91 Å². The van der Waals surface area contributed by atoms with Crippen LogP contribution in [0.15, 0.2) is 24.3 Å². The second-order valence-electron chi connectivity index (χ2n) is 7.67. The van der Waals surface area contributed by atoms with E-state index in [9.17, 15) is 22.8 Å². The third-order valence-corrected chi connectivity index (χ3v) is 3.55. The topological polar surface area (TPSA) is 76.7 Å². The molecular formula is C19H27F3N2O4. The number of carbonyl (C=O) groups is 2. The van der Waals surface area contributed by atoms with E-state index in [1.54, 1.807) is 20.8 Å². The number of alkyl halides is 3. The molecule has 0 aromatic heterocycles. The van der Waals surface area contributed by atoms with Crippen LogP contribution in [-0.4, -0.2) is 36.6 Å². The molecule has 2 N–H and O–H groups in total. The molecule has 1 rings (SSSR count). The molecular weight excluding hydrogens is 377 g/mol. The molecule has 0 aliphatic rings. The van der Waals surface area contributed by atoms with Crippen molar-refractivity contribution in [2.75, 3.05) is 6.54 Å². The molecule has 1 aromatic carbocycles. The Balaban J connectivity index is 2.53. The van der Waals surface area contributed by atoms with Gasteiger partial charge < -0.3 is 20.1 Å². The average molecular weight is 404 g/mol. The van der Waals surface area contributed by atoms with E-state index in [1.807, 2.05) is 13.8 Å². The summed E-state index contributed by atoms with van der Waals surface area (Å²) in [5.74, 6) is -0.620. The first-order chi connectivity index (χ1) is 12.7. The SMILES string of the molecule is CC(C)C(CNC(=O)Cc1ccc(OC(F)(F)F)cc1)NC(=O)OC(C)(C)C. The Morgan fingerprint density at radius 1 is 1.07 bits per heavy atom. The lowest BCUT2D eigenvalue weighted by Gasteiger charge is -2.26. The molecule has 0 spiro atoms. The molecule has 0 bridgehead atoms. The van der Waals surface area contributed by atoms with Gasteiger partial charge in [0.15, 0.2) is 0 Å². The van der Waals surface area contributed by atoms with Crippen LogP contribution >= 0.6 is 0 Å². The molecule has 1 atom stereocenters. The van der Waals surface area contributed by atoms with Crippen molar-refractivity contribution >= 4 is 12.0 Å². The first-order valence-corrected chi connectivity index (χ1v) is 8.86. The van der Waals surface area contributed by atoms with Crippen LogP contribution in [0.2, 0.25) is 0 Å². The van der Waals surface area contributed by atoms with Crippen LogP contribution in [0.1, 0.15) is 40.2 Å². The van der Waals surface area contributed by atoms with E-state index in [-0.39, 0.29) is 36.6 Å². The Labute approximate surface area is 162 Å². The highest BCUT2D eigenvalue weighted by atomic mass is 19.4. The molecule has 0 fully saturated rings. The minimum atomic E-state index is -4.76. The van der Waals surface area contributed by atoms with E-state index in [1.165, 1.54) is 12.1 Å². The maximum Gasteiger partial charge on any atom is 0.573 e. The van der Waals surface area contributed by atoms with Gasteiger partial charge in [0, 0.05) is 6.54 Å². The highest BCUT2D eigenvalue weighted by molar-refractivity contribution is 5.78. The summed E-state index contributed by atoms with van der Waals surface area (Å²) in [7, 11) is 0. The number of alkyl carbamates (subject to hydrolysis) is 1. The van der Waals surface area contributed by atoms with Crippen LogP contribution in [0.3, 0.4) is 0 Å². The number of amides is 2. The molecule has 158 valence electrons. The Morgan fingerprint density at radius 3 is 2.11 bits per heavy atom. The van der Waals surface area contributed by atoms with Gasteiger partial charge in [0.05, 0.1) is 12.5 Å². The molecule has 0 aliphatic heterocycles. The van der Waals surface area contributed by atoms with Crippen molar-refractivity contribution in [1.82, 2.24) is 10.6 Å². The number of halogens is 3. The predicted octanol–water partition coefficient (Wildman–Crippen LogP) is 3.79. The van der Waals surface area contributed by atoms with Gasteiger partial charge in [-0.25, -0.2) is 4.79 Å². The fraction of sp³-hybridized carbons (Fsp3) is 0.579. The van der Waals surface area contributed by atoms with Crippen molar-refractivity contribution in [3.05, 3.63) is 29.8 Å². The van der Waals surface area contributed by atoms with Crippen LogP contribution in [-0.2, 0) is 16.0 Å². The van der Waals surface area contributed by atoms with Crippen LogP contribution in [0.25, 0.3) is 0 Å². The maximum absolute atomic E-state index is 12.1. The van der Waals surface area contributed by atoms with Gasteiger partial charge in [0.25, 0.3) is 0 Å². The van der Waals surface area contributed by atoms with Gasteiger partial charge in [-0.15, -0.1) is 13.2 Å². The summed E-state index contributed by atoms with van der Waals surface area (Å²) < 4.78 is 45.4. The highest BCUT2D eigenvalue weighted by Gasteiger charge is 2.31. The third kappa shape index (κ3) is 10.0. The highest BCUT2D eigenvalue weighted by Crippen LogP contribution is 2.22. The number of carbonyl (C=O) groups excluding carboxylic acids is 2. The molecule has 0 saturated carbocycles. The minimum absolute atomic E-state index is 0.0104. The Hall–Kier alpha value is -2.45. The molecule has 0 saturated heterocycles. The van der Waals surface area contributed by atoms with Crippen molar-refractivity contribution < 1.29 is 32.2 Å². The molecule has 1 unspecified atom stereocenters. The van der Waals surface area contributed by atoms with Gasteiger partial charge in [-0.3, -0.25) is 4.79 Å².